The Balaban J connectivity index is 2.57. The molecule has 0 spiro atoms. The van der Waals surface area contributed by atoms with E-state index in [-0.39, 0.29) is 13.0 Å². The number of benzene rings is 1. The normalized spacial score (nSPS) is 11.0. The minimum Gasteiger partial charge on any atom is -0.493 e. The van der Waals surface area contributed by atoms with Gasteiger partial charge in [-0.25, -0.2) is 0 Å². The van der Waals surface area contributed by atoms with E-state index < -0.39 is 12.1 Å². The topological polar surface area (TPSA) is 47.6 Å². The molecule has 0 bridgehead atoms. The molecule has 1 N–H and O–H groups in total. The zero-order chi connectivity index (χ0) is 14.5. The summed E-state index contributed by atoms with van der Waals surface area (Å²) in [7, 11) is 2.95. The Morgan fingerprint density at radius 2 is 1.84 bits per heavy atom. The number of carbonyl (C=O) groups excluding carboxylic acids is 1. The second-order valence-corrected chi connectivity index (χ2v) is 3.69. The van der Waals surface area contributed by atoms with Gasteiger partial charge in [0, 0.05) is 6.54 Å². The van der Waals surface area contributed by atoms with Gasteiger partial charge in [0.05, 0.1) is 14.2 Å². The van der Waals surface area contributed by atoms with Crippen molar-refractivity contribution in [3.8, 4) is 11.5 Å². The van der Waals surface area contributed by atoms with Gasteiger partial charge in [0.15, 0.2) is 11.5 Å². The van der Waals surface area contributed by atoms with Crippen molar-refractivity contribution in [1.82, 2.24) is 5.32 Å². The van der Waals surface area contributed by atoms with Crippen LogP contribution in [0.3, 0.4) is 0 Å². The average molecular weight is 277 g/mol. The van der Waals surface area contributed by atoms with Gasteiger partial charge in [-0.05, 0) is 24.1 Å². The highest BCUT2D eigenvalue weighted by atomic mass is 19.4. The Morgan fingerprint density at radius 3 is 2.37 bits per heavy atom. The van der Waals surface area contributed by atoms with Crippen LogP contribution in [0.2, 0.25) is 0 Å². The Labute approximate surface area is 108 Å². The van der Waals surface area contributed by atoms with Crippen LogP contribution in [0.1, 0.15) is 5.56 Å². The van der Waals surface area contributed by atoms with E-state index in [0.717, 1.165) is 5.56 Å². The SMILES string of the molecule is COc1ccc(CCNC(=O)C(F)(F)F)cc1OC. The minimum absolute atomic E-state index is 0.103. The molecule has 0 fully saturated rings. The van der Waals surface area contributed by atoms with Gasteiger partial charge in [0.25, 0.3) is 0 Å². The number of hydrogen-bond acceptors (Lipinski definition) is 3. The fourth-order valence-corrected chi connectivity index (χ4v) is 1.46. The number of ether oxygens (including phenoxy) is 2. The van der Waals surface area contributed by atoms with Crippen molar-refractivity contribution in [3.63, 3.8) is 0 Å². The highest BCUT2D eigenvalue weighted by Crippen LogP contribution is 2.27. The van der Waals surface area contributed by atoms with E-state index in [2.05, 4.69) is 0 Å². The zero-order valence-electron chi connectivity index (χ0n) is 10.5. The molecule has 1 rings (SSSR count). The van der Waals surface area contributed by atoms with Gasteiger partial charge >= 0.3 is 12.1 Å². The molecule has 0 atom stereocenters. The van der Waals surface area contributed by atoms with Gasteiger partial charge in [0.1, 0.15) is 0 Å². The smallest absolute Gasteiger partial charge is 0.471 e. The number of rotatable bonds is 5. The third kappa shape index (κ3) is 4.35. The van der Waals surface area contributed by atoms with E-state index >= 15 is 0 Å². The fourth-order valence-electron chi connectivity index (χ4n) is 1.46. The lowest BCUT2D eigenvalue weighted by atomic mass is 10.1. The molecule has 0 saturated heterocycles. The van der Waals surface area contributed by atoms with Crippen LogP contribution in [-0.4, -0.2) is 32.8 Å². The molecule has 7 heteroatoms. The number of hydrogen-bond donors (Lipinski definition) is 1. The summed E-state index contributed by atoms with van der Waals surface area (Å²) < 4.78 is 45.9. The van der Waals surface area contributed by atoms with Gasteiger partial charge in [-0.3, -0.25) is 4.79 Å². The minimum atomic E-state index is -4.85. The van der Waals surface area contributed by atoms with Crippen molar-refractivity contribution in [2.45, 2.75) is 12.6 Å². The summed E-state index contributed by atoms with van der Waals surface area (Å²) in [5.41, 5.74) is 0.736. The molecule has 0 aliphatic rings. The third-order valence-electron chi connectivity index (χ3n) is 2.40. The van der Waals surface area contributed by atoms with Crippen LogP contribution >= 0.6 is 0 Å². The summed E-state index contributed by atoms with van der Waals surface area (Å²) in [6.45, 7) is -0.103. The zero-order valence-corrected chi connectivity index (χ0v) is 10.5. The summed E-state index contributed by atoms with van der Waals surface area (Å²) in [6, 6.07) is 5.00. The number of alkyl halides is 3. The van der Waals surface area contributed by atoms with Crippen molar-refractivity contribution in [2.75, 3.05) is 20.8 Å². The van der Waals surface area contributed by atoms with Gasteiger partial charge in [-0.15, -0.1) is 0 Å². The Kier molecular flexibility index (Phi) is 5.02. The molecule has 0 unspecified atom stereocenters. The number of methoxy groups -OCH3 is 2. The molecule has 1 aromatic carbocycles. The van der Waals surface area contributed by atoms with Crippen LogP contribution in [0.25, 0.3) is 0 Å². The lowest BCUT2D eigenvalue weighted by Crippen LogP contribution is -2.37. The summed E-state index contributed by atoms with van der Waals surface area (Å²) in [4.78, 5) is 10.6. The van der Waals surface area contributed by atoms with Gasteiger partial charge < -0.3 is 14.8 Å². The predicted octanol–water partition coefficient (Wildman–Crippen LogP) is 1.92. The molecule has 0 aromatic heterocycles. The van der Waals surface area contributed by atoms with E-state index in [1.54, 1.807) is 23.5 Å². The highest BCUT2D eigenvalue weighted by Gasteiger charge is 2.38. The first-order valence-corrected chi connectivity index (χ1v) is 5.44. The van der Waals surface area contributed by atoms with Crippen molar-refractivity contribution in [1.29, 1.82) is 0 Å². The molecule has 106 valence electrons. The molecule has 19 heavy (non-hydrogen) atoms. The van der Waals surface area contributed by atoms with Gasteiger partial charge in [-0.1, -0.05) is 6.07 Å². The second kappa shape index (κ2) is 6.31. The first-order valence-electron chi connectivity index (χ1n) is 5.44. The van der Waals surface area contributed by atoms with Crippen LogP contribution in [0, 0.1) is 0 Å². The van der Waals surface area contributed by atoms with E-state index in [9.17, 15) is 18.0 Å². The Bertz CT molecular complexity index is 446. The molecule has 1 aromatic rings. The summed E-state index contributed by atoms with van der Waals surface area (Å²) in [6.07, 6.45) is -4.58. The van der Waals surface area contributed by atoms with Crippen LogP contribution in [0.5, 0.6) is 11.5 Å². The number of nitrogens with one attached hydrogen (secondary N) is 1. The first kappa shape index (κ1) is 15.1. The standard InChI is InChI=1S/C12H14F3NO3/c1-18-9-4-3-8(7-10(9)19-2)5-6-16-11(17)12(13,14)15/h3-4,7H,5-6H2,1-2H3,(H,16,17). The monoisotopic (exact) mass is 277 g/mol. The maximum absolute atomic E-state index is 11.9. The molecule has 0 heterocycles. The maximum atomic E-state index is 11.9. The molecule has 1 amide bonds. The Hall–Kier alpha value is -1.92. The summed E-state index contributed by atoms with van der Waals surface area (Å²) >= 11 is 0. The second-order valence-electron chi connectivity index (χ2n) is 3.69. The molecule has 0 saturated carbocycles. The number of carbonyl (C=O) groups is 1. The van der Waals surface area contributed by atoms with Crippen LogP contribution < -0.4 is 14.8 Å². The van der Waals surface area contributed by atoms with Gasteiger partial charge in [0.2, 0.25) is 0 Å². The Morgan fingerprint density at radius 1 is 1.21 bits per heavy atom. The van der Waals surface area contributed by atoms with E-state index in [1.807, 2.05) is 0 Å². The van der Waals surface area contributed by atoms with Crippen molar-refractivity contribution in [2.24, 2.45) is 0 Å². The van der Waals surface area contributed by atoms with E-state index in [0.29, 0.717) is 11.5 Å². The maximum Gasteiger partial charge on any atom is 0.471 e. The molecule has 0 radical (unpaired) electrons. The lowest BCUT2D eigenvalue weighted by Gasteiger charge is -2.10. The van der Waals surface area contributed by atoms with Crippen LogP contribution in [0.15, 0.2) is 18.2 Å². The highest BCUT2D eigenvalue weighted by molar-refractivity contribution is 5.81. The van der Waals surface area contributed by atoms with Crippen molar-refractivity contribution < 1.29 is 27.4 Å². The first-order chi connectivity index (χ1) is 8.88. The molecule has 0 aliphatic heterocycles. The van der Waals surface area contributed by atoms with E-state index in [1.165, 1.54) is 14.2 Å². The summed E-state index contributed by atoms with van der Waals surface area (Å²) in [5.74, 6) is -0.916. The number of halogens is 3. The van der Waals surface area contributed by atoms with Crippen LogP contribution in [-0.2, 0) is 11.2 Å². The van der Waals surface area contributed by atoms with Crippen molar-refractivity contribution >= 4 is 5.91 Å². The molecular formula is C12H14F3NO3. The average Bonchev–Trinajstić information content (AvgIpc) is 2.37. The van der Waals surface area contributed by atoms with Crippen molar-refractivity contribution in [3.05, 3.63) is 23.8 Å². The fraction of sp³-hybridized carbons (Fsp3) is 0.417. The summed E-state index contributed by atoms with van der Waals surface area (Å²) in [5, 5.41) is 1.80. The molecule has 4 nitrogen and oxygen atoms in total. The van der Waals surface area contributed by atoms with E-state index in [4.69, 9.17) is 9.47 Å². The third-order valence-corrected chi connectivity index (χ3v) is 2.40. The van der Waals surface area contributed by atoms with Crippen LogP contribution in [0.4, 0.5) is 13.2 Å². The molecular weight excluding hydrogens is 263 g/mol. The van der Waals surface area contributed by atoms with Gasteiger partial charge in [-0.2, -0.15) is 13.2 Å². The molecule has 0 aliphatic carbocycles. The number of amides is 1. The predicted molar refractivity (Wildman–Crippen MR) is 62.3 cm³/mol. The largest absolute Gasteiger partial charge is 0.493 e. The lowest BCUT2D eigenvalue weighted by molar-refractivity contribution is -0.173. The quantitative estimate of drug-likeness (QED) is 0.894.